The maximum atomic E-state index is 13.6. The van der Waals surface area contributed by atoms with Gasteiger partial charge in [-0.05, 0) is 61.9 Å². The van der Waals surface area contributed by atoms with Gasteiger partial charge in [0.05, 0.1) is 23.6 Å². The summed E-state index contributed by atoms with van der Waals surface area (Å²) >= 11 is 0. The van der Waals surface area contributed by atoms with Crippen molar-refractivity contribution in [3.63, 3.8) is 0 Å². The lowest BCUT2D eigenvalue weighted by Gasteiger charge is -2.27. The number of nitrogens with one attached hydrogen (secondary N) is 1. The maximum absolute atomic E-state index is 13.6. The second-order valence-electron chi connectivity index (χ2n) is 10.1. The molecule has 1 aliphatic rings. The van der Waals surface area contributed by atoms with Gasteiger partial charge in [0.25, 0.3) is 11.8 Å². The molecule has 1 N–H and O–H groups in total. The van der Waals surface area contributed by atoms with Crippen LogP contribution in [0, 0.1) is 0 Å². The average Bonchev–Trinajstić information content (AvgIpc) is 3.14. The van der Waals surface area contributed by atoms with Crippen molar-refractivity contribution < 1.29 is 55.1 Å². The number of rotatable bonds is 9. The molecule has 18 heteroatoms. The molecule has 0 radical (unpaired) electrons. The minimum atomic E-state index is -5.58. The number of carbonyl (C=O) groups excluding carboxylic acids is 4. The van der Waals surface area contributed by atoms with Crippen molar-refractivity contribution in [1.29, 1.82) is 0 Å². The van der Waals surface area contributed by atoms with Gasteiger partial charge in [-0.25, -0.2) is 14.5 Å². The Labute approximate surface area is 256 Å². The number of hydrogen-bond donors (Lipinski definition) is 1. The molecule has 0 atom stereocenters. The van der Waals surface area contributed by atoms with Crippen molar-refractivity contribution in [3.8, 4) is 5.75 Å². The predicted octanol–water partition coefficient (Wildman–Crippen LogP) is 4.27. The fourth-order valence-electron chi connectivity index (χ4n) is 4.26. The van der Waals surface area contributed by atoms with E-state index in [4.69, 9.17) is 0 Å². The van der Waals surface area contributed by atoms with Gasteiger partial charge in [0.2, 0.25) is 0 Å². The number of amides is 4. The van der Waals surface area contributed by atoms with Gasteiger partial charge >= 0.3 is 24.5 Å². The van der Waals surface area contributed by atoms with E-state index in [1.165, 1.54) is 44.6 Å². The third-order valence-corrected chi connectivity index (χ3v) is 6.50. The zero-order valence-electron chi connectivity index (χ0n) is 23.9. The van der Waals surface area contributed by atoms with Crippen molar-refractivity contribution in [2.24, 2.45) is 0 Å². The van der Waals surface area contributed by atoms with Gasteiger partial charge in [-0.1, -0.05) is 6.07 Å². The van der Waals surface area contributed by atoms with E-state index >= 15 is 0 Å². The maximum Gasteiger partial charge on any atom is 0.573 e. The van der Waals surface area contributed by atoms with Crippen molar-refractivity contribution in [2.75, 3.05) is 16.5 Å². The number of hydroxylamine groups is 1. The summed E-state index contributed by atoms with van der Waals surface area (Å²) in [6.07, 6.45) is -6.65. The molecule has 4 amide bonds. The van der Waals surface area contributed by atoms with E-state index in [-0.39, 0.29) is 18.2 Å². The number of halogens is 6. The highest BCUT2D eigenvalue weighted by Crippen LogP contribution is 2.42. The van der Waals surface area contributed by atoms with Gasteiger partial charge in [-0.3, -0.25) is 19.6 Å². The van der Waals surface area contributed by atoms with E-state index in [9.17, 15) is 45.5 Å². The zero-order valence-corrected chi connectivity index (χ0v) is 23.9. The van der Waals surface area contributed by atoms with Crippen molar-refractivity contribution in [1.82, 2.24) is 20.2 Å². The van der Waals surface area contributed by atoms with Crippen LogP contribution in [0.3, 0.4) is 0 Å². The van der Waals surface area contributed by atoms with Crippen LogP contribution in [-0.4, -0.2) is 63.3 Å². The molecule has 0 aliphatic carbocycles. The molecular weight excluding hydrogens is 630 g/mol. The second kappa shape index (κ2) is 13.0. The summed E-state index contributed by atoms with van der Waals surface area (Å²) in [5, 5.41) is 2.48. The SMILES string of the molecule is CC1(C)C(=O)N(c2cc(N(OC(=O)C(F)(F)F)C(=O)CNCc3ccccn3)ccc2OC(F)(F)F)C(=O)N1Cc1ccncc1. The number of carbonyl (C=O) groups is 4. The smallest absolute Gasteiger partial charge is 0.404 e. The van der Waals surface area contributed by atoms with Crippen molar-refractivity contribution >= 4 is 35.2 Å². The molecule has 0 bridgehead atoms. The Bertz CT molecular complexity index is 1600. The lowest BCUT2D eigenvalue weighted by Crippen LogP contribution is -2.43. The summed E-state index contributed by atoms with van der Waals surface area (Å²) in [6.45, 7) is 1.69. The van der Waals surface area contributed by atoms with E-state index in [2.05, 4.69) is 24.9 Å². The number of aromatic nitrogens is 2. The van der Waals surface area contributed by atoms with E-state index in [1.54, 1.807) is 18.2 Å². The van der Waals surface area contributed by atoms with Crippen molar-refractivity contribution in [2.45, 2.75) is 45.0 Å². The minimum Gasteiger partial charge on any atom is -0.404 e. The van der Waals surface area contributed by atoms with Crippen LogP contribution < -0.4 is 20.0 Å². The quantitative estimate of drug-likeness (QED) is 0.204. The van der Waals surface area contributed by atoms with Gasteiger partial charge in [-0.2, -0.15) is 13.2 Å². The van der Waals surface area contributed by atoms with Crippen LogP contribution in [0.5, 0.6) is 5.75 Å². The summed E-state index contributed by atoms with van der Waals surface area (Å²) in [4.78, 5) is 65.5. The van der Waals surface area contributed by atoms with Crippen LogP contribution in [0.25, 0.3) is 0 Å². The summed E-state index contributed by atoms with van der Waals surface area (Å²) < 4.78 is 83.7. The summed E-state index contributed by atoms with van der Waals surface area (Å²) in [5.41, 5.74) is -2.31. The number of anilines is 2. The molecule has 12 nitrogen and oxygen atoms in total. The number of nitrogens with zero attached hydrogens (tertiary/aromatic N) is 5. The van der Waals surface area contributed by atoms with Gasteiger partial charge in [-0.15, -0.1) is 18.2 Å². The number of alkyl halides is 6. The second-order valence-corrected chi connectivity index (χ2v) is 10.1. The lowest BCUT2D eigenvalue weighted by atomic mass is 10.0. The fraction of sp³-hybridized carbons (Fsp3) is 0.286. The molecule has 1 aromatic carbocycles. The minimum absolute atomic E-state index is 0.0452. The molecule has 244 valence electrons. The van der Waals surface area contributed by atoms with Gasteiger partial charge in [0.1, 0.15) is 5.54 Å². The molecule has 3 aromatic rings. The van der Waals surface area contributed by atoms with Crippen LogP contribution in [0.1, 0.15) is 25.1 Å². The molecule has 0 saturated carbocycles. The Morgan fingerprint density at radius 1 is 0.978 bits per heavy atom. The number of hydrogen-bond acceptors (Lipinski definition) is 9. The van der Waals surface area contributed by atoms with E-state index in [0.717, 1.165) is 4.90 Å². The first-order chi connectivity index (χ1) is 21.5. The number of pyridine rings is 2. The van der Waals surface area contributed by atoms with E-state index in [1.807, 2.05) is 0 Å². The highest BCUT2D eigenvalue weighted by Gasteiger charge is 2.53. The molecule has 3 heterocycles. The third kappa shape index (κ3) is 7.68. The number of ether oxygens (including phenoxy) is 1. The normalized spacial score (nSPS) is 14.8. The number of urea groups is 1. The van der Waals surface area contributed by atoms with Crippen LogP contribution in [0.4, 0.5) is 42.5 Å². The molecule has 1 saturated heterocycles. The first-order valence-corrected chi connectivity index (χ1v) is 13.2. The highest BCUT2D eigenvalue weighted by atomic mass is 19.4. The monoisotopic (exact) mass is 654 g/mol. The molecule has 2 aromatic heterocycles. The standard InChI is InChI=1S/C28H24F6N6O6/c1-26(2)23(42)39(25(44)38(26)16-17-8-11-35-12-9-17)20-13-19(6-7-21(20)45-28(32,33)34)40(46-24(43)27(29,30)31)22(41)15-36-14-18-5-3-4-10-37-18/h3-13,36H,14-16H2,1-2H3. The molecule has 46 heavy (non-hydrogen) atoms. The first kappa shape index (κ1) is 33.6. The van der Waals surface area contributed by atoms with Crippen molar-refractivity contribution in [3.05, 3.63) is 78.4 Å². The van der Waals surface area contributed by atoms with Crippen LogP contribution >= 0.6 is 0 Å². The summed E-state index contributed by atoms with van der Waals surface area (Å²) in [5.74, 6) is -6.27. The Morgan fingerprint density at radius 2 is 1.67 bits per heavy atom. The third-order valence-electron chi connectivity index (χ3n) is 6.50. The van der Waals surface area contributed by atoms with Crippen LogP contribution in [-0.2, 0) is 32.3 Å². The van der Waals surface area contributed by atoms with Gasteiger partial charge < -0.3 is 19.8 Å². The Hall–Kier alpha value is -5.26. The summed E-state index contributed by atoms with van der Waals surface area (Å²) in [7, 11) is 0. The molecule has 1 fully saturated rings. The topological polar surface area (TPSA) is 134 Å². The average molecular weight is 655 g/mol. The molecule has 1 aliphatic heterocycles. The predicted molar refractivity (Wildman–Crippen MR) is 145 cm³/mol. The van der Waals surface area contributed by atoms with Gasteiger partial charge in [0.15, 0.2) is 5.75 Å². The lowest BCUT2D eigenvalue weighted by molar-refractivity contribution is -0.274. The Kier molecular flexibility index (Phi) is 9.50. The Balaban J connectivity index is 1.74. The molecule has 4 rings (SSSR count). The molecular formula is C28H24F6N6O6. The first-order valence-electron chi connectivity index (χ1n) is 13.2. The van der Waals surface area contributed by atoms with E-state index in [0.29, 0.717) is 34.4 Å². The fourth-order valence-corrected chi connectivity index (χ4v) is 4.26. The number of imide groups is 1. The van der Waals surface area contributed by atoms with Gasteiger partial charge in [0, 0.05) is 31.7 Å². The molecule has 0 spiro atoms. The Morgan fingerprint density at radius 3 is 2.28 bits per heavy atom. The van der Waals surface area contributed by atoms with Crippen LogP contribution in [0.15, 0.2) is 67.1 Å². The summed E-state index contributed by atoms with van der Waals surface area (Å²) in [6, 6.07) is 8.61. The zero-order chi connectivity index (χ0) is 33.9. The van der Waals surface area contributed by atoms with Crippen LogP contribution in [0.2, 0.25) is 0 Å². The van der Waals surface area contributed by atoms with E-state index < -0.39 is 65.6 Å². The largest absolute Gasteiger partial charge is 0.573 e. The highest BCUT2D eigenvalue weighted by molar-refractivity contribution is 6.23. The molecule has 0 unspecified atom stereocenters. The number of benzene rings is 1.